The second kappa shape index (κ2) is 4.44. The largest absolute Gasteiger partial charge is 0.395 e. The number of hydrogen-bond donors (Lipinski definition) is 3. The minimum Gasteiger partial charge on any atom is -0.395 e. The van der Waals surface area contributed by atoms with E-state index < -0.39 is 11.8 Å². The van der Waals surface area contributed by atoms with E-state index in [1.54, 1.807) is 12.3 Å². The number of nitrogens with zero attached hydrogens (tertiary/aromatic N) is 2. The van der Waals surface area contributed by atoms with Crippen LogP contribution >= 0.6 is 11.8 Å². The Morgan fingerprint density at radius 1 is 1.69 bits per heavy atom. The Hall–Kier alpha value is -1.05. The van der Waals surface area contributed by atoms with Crippen LogP contribution in [0.1, 0.15) is 11.8 Å². The molecule has 0 spiro atoms. The van der Waals surface area contributed by atoms with Crippen LogP contribution in [0.4, 0.5) is 5.82 Å². The number of aromatic nitrogens is 2. The van der Waals surface area contributed by atoms with Crippen molar-refractivity contribution in [3.8, 4) is 0 Å². The van der Waals surface area contributed by atoms with Crippen molar-refractivity contribution in [1.29, 1.82) is 0 Å². The second-order valence-corrected chi connectivity index (χ2v) is 5.08. The van der Waals surface area contributed by atoms with Crippen molar-refractivity contribution in [3.05, 3.63) is 22.7 Å². The fraction of sp³-hybridized carbons (Fsp3) is 0.556. The van der Waals surface area contributed by atoms with Crippen LogP contribution in [0.15, 0.2) is 17.1 Å². The molecule has 2 heterocycles. The molecule has 1 saturated heterocycles. The summed E-state index contributed by atoms with van der Waals surface area (Å²) >= 11 is 1.37. The highest BCUT2D eigenvalue weighted by molar-refractivity contribution is 8.00. The Kier molecular flexibility index (Phi) is 3.17. The molecule has 0 saturated carbocycles. The first-order valence-corrected chi connectivity index (χ1v) is 5.85. The Labute approximate surface area is 96.1 Å². The van der Waals surface area contributed by atoms with E-state index in [1.165, 1.54) is 16.3 Å². The lowest BCUT2D eigenvalue weighted by molar-refractivity contribution is 0.137. The summed E-state index contributed by atoms with van der Waals surface area (Å²) < 4.78 is 1.43. The van der Waals surface area contributed by atoms with E-state index in [1.807, 2.05) is 0 Å². The van der Waals surface area contributed by atoms with E-state index in [-0.39, 0.29) is 23.0 Å². The topological polar surface area (TPSA) is 101 Å². The molecule has 1 aliphatic heterocycles. The molecule has 1 aromatic heterocycles. The van der Waals surface area contributed by atoms with Gasteiger partial charge < -0.3 is 15.9 Å². The molecular weight excluding hydrogens is 230 g/mol. The zero-order chi connectivity index (χ0) is 11.7. The fourth-order valence-corrected chi connectivity index (χ4v) is 3.08. The van der Waals surface area contributed by atoms with Gasteiger partial charge in [0.25, 0.3) is 0 Å². The van der Waals surface area contributed by atoms with Crippen LogP contribution < -0.4 is 11.4 Å². The molecule has 1 aliphatic rings. The van der Waals surface area contributed by atoms with Crippen molar-refractivity contribution in [2.24, 2.45) is 0 Å². The van der Waals surface area contributed by atoms with E-state index in [0.29, 0.717) is 6.42 Å². The highest BCUT2D eigenvalue weighted by Gasteiger charge is 2.34. The van der Waals surface area contributed by atoms with Gasteiger partial charge in [0.2, 0.25) is 0 Å². The predicted molar refractivity (Wildman–Crippen MR) is 61.0 cm³/mol. The molecule has 2 rings (SSSR count). The lowest BCUT2D eigenvalue weighted by atomic mass is 10.2. The van der Waals surface area contributed by atoms with Gasteiger partial charge in [-0.1, -0.05) is 0 Å². The summed E-state index contributed by atoms with van der Waals surface area (Å²) in [6.07, 6.45) is 1.40. The molecule has 0 amide bonds. The quantitative estimate of drug-likeness (QED) is 0.627. The van der Waals surface area contributed by atoms with Gasteiger partial charge in [0.05, 0.1) is 23.3 Å². The number of aliphatic hydroxyl groups excluding tert-OH is 2. The fourth-order valence-electron chi connectivity index (χ4n) is 1.70. The van der Waals surface area contributed by atoms with E-state index in [0.717, 1.165) is 0 Å². The summed E-state index contributed by atoms with van der Waals surface area (Å²) in [5.74, 6) is 0.184. The Bertz CT molecular complexity index is 436. The zero-order valence-electron chi connectivity index (χ0n) is 8.48. The summed E-state index contributed by atoms with van der Waals surface area (Å²) in [4.78, 5) is 15.2. The van der Waals surface area contributed by atoms with Gasteiger partial charge in [-0.2, -0.15) is 4.98 Å². The SMILES string of the molecule is Nc1ccn([C@@H]2CC(O)[C@H](CO)S2)c(=O)n1. The highest BCUT2D eigenvalue weighted by atomic mass is 32.2. The van der Waals surface area contributed by atoms with E-state index in [4.69, 9.17) is 10.8 Å². The molecule has 16 heavy (non-hydrogen) atoms. The Morgan fingerprint density at radius 2 is 2.44 bits per heavy atom. The first kappa shape index (κ1) is 11.4. The van der Waals surface area contributed by atoms with Crippen molar-refractivity contribution < 1.29 is 10.2 Å². The van der Waals surface area contributed by atoms with Crippen molar-refractivity contribution >= 4 is 17.6 Å². The first-order chi connectivity index (χ1) is 7.61. The summed E-state index contributed by atoms with van der Waals surface area (Å²) in [5, 5.41) is 18.2. The number of nitrogens with two attached hydrogens (primary N) is 1. The van der Waals surface area contributed by atoms with E-state index in [9.17, 15) is 9.90 Å². The standard InChI is InChI=1S/C9H13N3O3S/c10-7-1-2-12(9(15)11-7)8-3-5(14)6(4-13)16-8/h1-2,5-6,8,13-14H,3-4H2,(H2,10,11,15)/t5?,6-,8-/m0/s1. The van der Waals surface area contributed by atoms with Crippen LogP contribution in [0.3, 0.4) is 0 Å². The van der Waals surface area contributed by atoms with Crippen LogP contribution in [0.2, 0.25) is 0 Å². The molecule has 0 radical (unpaired) electrons. The van der Waals surface area contributed by atoms with Crippen molar-refractivity contribution in [2.75, 3.05) is 12.3 Å². The number of anilines is 1. The maximum Gasteiger partial charge on any atom is 0.350 e. The molecule has 6 nitrogen and oxygen atoms in total. The minimum atomic E-state index is -0.593. The molecule has 1 aromatic rings. The van der Waals surface area contributed by atoms with Crippen LogP contribution in [0.5, 0.6) is 0 Å². The van der Waals surface area contributed by atoms with Crippen LogP contribution in [0.25, 0.3) is 0 Å². The number of hydrogen-bond acceptors (Lipinski definition) is 6. The summed E-state index contributed by atoms with van der Waals surface area (Å²) in [7, 11) is 0. The third-order valence-electron chi connectivity index (χ3n) is 2.55. The highest BCUT2D eigenvalue weighted by Crippen LogP contribution is 2.40. The van der Waals surface area contributed by atoms with Crippen LogP contribution in [-0.2, 0) is 0 Å². The zero-order valence-corrected chi connectivity index (χ0v) is 9.30. The van der Waals surface area contributed by atoms with Gasteiger partial charge in [0.15, 0.2) is 0 Å². The minimum absolute atomic E-state index is 0.0977. The number of nitrogen functional groups attached to an aromatic ring is 1. The van der Waals surface area contributed by atoms with Gasteiger partial charge in [0.1, 0.15) is 5.82 Å². The average Bonchev–Trinajstić information content (AvgIpc) is 2.59. The Morgan fingerprint density at radius 3 is 3.00 bits per heavy atom. The van der Waals surface area contributed by atoms with Gasteiger partial charge in [-0.05, 0) is 6.07 Å². The van der Waals surface area contributed by atoms with E-state index in [2.05, 4.69) is 4.98 Å². The van der Waals surface area contributed by atoms with Crippen molar-refractivity contribution in [3.63, 3.8) is 0 Å². The Balaban J connectivity index is 2.23. The average molecular weight is 243 g/mol. The van der Waals surface area contributed by atoms with Crippen LogP contribution in [-0.4, -0.2) is 37.7 Å². The molecular formula is C9H13N3O3S. The molecule has 1 fully saturated rings. The van der Waals surface area contributed by atoms with Crippen LogP contribution in [0, 0.1) is 0 Å². The lowest BCUT2D eigenvalue weighted by Crippen LogP contribution is -2.25. The summed E-state index contributed by atoms with van der Waals surface area (Å²) in [6, 6.07) is 1.54. The smallest absolute Gasteiger partial charge is 0.350 e. The van der Waals surface area contributed by atoms with Crippen molar-refractivity contribution in [1.82, 2.24) is 9.55 Å². The maximum absolute atomic E-state index is 11.5. The molecule has 0 bridgehead atoms. The number of thioether (sulfide) groups is 1. The molecule has 3 atom stereocenters. The summed E-state index contributed by atoms with van der Waals surface area (Å²) in [6.45, 7) is -0.0977. The lowest BCUT2D eigenvalue weighted by Gasteiger charge is -2.12. The predicted octanol–water partition coefficient (Wildman–Crippen LogP) is -0.817. The summed E-state index contributed by atoms with van der Waals surface area (Å²) in [5.41, 5.74) is 4.96. The van der Waals surface area contributed by atoms with Gasteiger partial charge in [0, 0.05) is 12.6 Å². The monoisotopic (exact) mass is 243 g/mol. The van der Waals surface area contributed by atoms with Gasteiger partial charge in [-0.15, -0.1) is 11.8 Å². The maximum atomic E-state index is 11.5. The molecule has 88 valence electrons. The molecule has 7 heteroatoms. The van der Waals surface area contributed by atoms with Gasteiger partial charge in [-0.3, -0.25) is 4.57 Å². The molecule has 4 N–H and O–H groups in total. The molecule has 1 unspecified atom stereocenters. The molecule has 0 aliphatic carbocycles. The first-order valence-electron chi connectivity index (χ1n) is 4.91. The third-order valence-corrected chi connectivity index (χ3v) is 4.09. The van der Waals surface area contributed by atoms with Crippen molar-refractivity contribution in [2.45, 2.75) is 23.1 Å². The molecule has 0 aromatic carbocycles. The normalized spacial score (nSPS) is 29.5. The van der Waals surface area contributed by atoms with Gasteiger partial charge in [-0.25, -0.2) is 4.79 Å². The second-order valence-electron chi connectivity index (χ2n) is 3.66. The van der Waals surface area contributed by atoms with E-state index >= 15 is 0 Å². The third kappa shape index (κ3) is 2.06. The van der Waals surface area contributed by atoms with Gasteiger partial charge >= 0.3 is 5.69 Å². The number of aliphatic hydroxyl groups is 2. The number of rotatable bonds is 2.